The third-order valence-electron chi connectivity index (χ3n) is 2.99. The molecule has 23 heavy (non-hydrogen) atoms. The maximum atomic E-state index is 11.2. The highest BCUT2D eigenvalue weighted by Gasteiger charge is 2.10. The Balaban J connectivity index is 2.28. The van der Waals surface area contributed by atoms with Gasteiger partial charge in [0.15, 0.2) is 17.3 Å². The van der Waals surface area contributed by atoms with Crippen LogP contribution in [0.1, 0.15) is 11.3 Å². The smallest absolute Gasteiger partial charge is 0.363 e. The number of H-pyrrole nitrogens is 1. The first-order valence-electron chi connectivity index (χ1n) is 6.61. The van der Waals surface area contributed by atoms with Crippen molar-refractivity contribution >= 4 is 12.0 Å². The fourth-order valence-corrected chi connectivity index (χ4v) is 1.81. The van der Waals surface area contributed by atoms with Gasteiger partial charge in [0.05, 0.1) is 27.5 Å². The number of hydrogen-bond donors (Lipinski definition) is 2. The Labute approximate surface area is 132 Å². The molecular weight excluding hydrogens is 302 g/mol. The molecule has 9 nitrogen and oxygen atoms in total. The summed E-state index contributed by atoms with van der Waals surface area (Å²) in [5.41, 5.74) is 3.28. The van der Waals surface area contributed by atoms with Gasteiger partial charge in [-0.2, -0.15) is 15.2 Å². The molecule has 0 spiro atoms. The second kappa shape index (κ2) is 7.25. The van der Waals surface area contributed by atoms with E-state index in [-0.39, 0.29) is 5.82 Å². The number of nitrogens with zero attached hydrogens (tertiary/aromatic N) is 3. The maximum Gasteiger partial charge on any atom is 0.363 e. The zero-order valence-corrected chi connectivity index (χ0v) is 13.2. The van der Waals surface area contributed by atoms with Crippen molar-refractivity contribution in [3.05, 3.63) is 33.9 Å². The number of hydrogen-bond acceptors (Lipinski definition) is 8. The highest BCUT2D eigenvalue weighted by molar-refractivity contribution is 5.85. The lowest BCUT2D eigenvalue weighted by molar-refractivity contribution is 0.349. The molecule has 0 atom stereocenters. The van der Waals surface area contributed by atoms with Crippen LogP contribution >= 0.6 is 0 Å². The van der Waals surface area contributed by atoms with E-state index in [9.17, 15) is 4.79 Å². The minimum Gasteiger partial charge on any atom is -0.496 e. The molecule has 1 heterocycles. The summed E-state index contributed by atoms with van der Waals surface area (Å²) in [7, 11) is 4.62. The molecule has 1 aromatic carbocycles. The first kappa shape index (κ1) is 16.3. The molecule has 0 amide bonds. The molecular formula is C14H17N5O4. The number of rotatable bonds is 6. The van der Waals surface area contributed by atoms with Crippen LogP contribution in [0, 0.1) is 6.92 Å². The van der Waals surface area contributed by atoms with Crippen molar-refractivity contribution in [3.8, 4) is 17.2 Å². The lowest BCUT2D eigenvalue weighted by atomic mass is 10.2. The average Bonchev–Trinajstić information content (AvgIpc) is 2.57. The number of aryl methyl sites for hydroxylation is 1. The Morgan fingerprint density at radius 2 is 1.78 bits per heavy atom. The summed E-state index contributed by atoms with van der Waals surface area (Å²) in [6, 6.07) is 3.41. The van der Waals surface area contributed by atoms with Crippen molar-refractivity contribution in [2.75, 3.05) is 26.8 Å². The predicted molar refractivity (Wildman–Crippen MR) is 84.7 cm³/mol. The summed E-state index contributed by atoms with van der Waals surface area (Å²) in [5, 5.41) is 10.1. The number of benzene rings is 1. The fraction of sp³-hybridized carbons (Fsp3) is 0.286. The van der Waals surface area contributed by atoms with Crippen molar-refractivity contribution in [2.45, 2.75) is 6.92 Å². The molecule has 0 radical (unpaired) electrons. The minimum atomic E-state index is -0.558. The minimum absolute atomic E-state index is 0.268. The van der Waals surface area contributed by atoms with Crippen LogP contribution in [0.15, 0.2) is 22.0 Å². The summed E-state index contributed by atoms with van der Waals surface area (Å²) >= 11 is 0. The first-order valence-corrected chi connectivity index (χ1v) is 6.61. The Hall–Kier alpha value is -3.10. The molecule has 0 bridgehead atoms. The summed E-state index contributed by atoms with van der Waals surface area (Å²) in [4.78, 5) is 14.9. The molecule has 0 unspecified atom stereocenters. The second-order valence-electron chi connectivity index (χ2n) is 4.39. The van der Waals surface area contributed by atoms with E-state index >= 15 is 0 Å². The number of nitrogens with one attached hydrogen (secondary N) is 2. The first-order chi connectivity index (χ1) is 11.1. The molecule has 2 N–H and O–H groups in total. The Morgan fingerprint density at radius 3 is 2.43 bits per heavy atom. The quantitative estimate of drug-likeness (QED) is 0.602. The van der Waals surface area contributed by atoms with Crippen LogP contribution in [-0.2, 0) is 0 Å². The van der Waals surface area contributed by atoms with Crippen LogP contribution in [0.3, 0.4) is 0 Å². The number of anilines is 1. The summed E-state index contributed by atoms with van der Waals surface area (Å²) in [6.07, 6.45) is 1.52. The van der Waals surface area contributed by atoms with Crippen LogP contribution < -0.4 is 25.3 Å². The van der Waals surface area contributed by atoms with Gasteiger partial charge in [-0.3, -0.25) is 5.43 Å². The topological polar surface area (TPSA) is 111 Å². The van der Waals surface area contributed by atoms with Crippen molar-refractivity contribution in [1.82, 2.24) is 15.2 Å². The molecule has 2 rings (SSSR count). The van der Waals surface area contributed by atoms with Crippen LogP contribution in [0.2, 0.25) is 0 Å². The van der Waals surface area contributed by atoms with Gasteiger partial charge in [-0.25, -0.2) is 9.89 Å². The van der Waals surface area contributed by atoms with E-state index in [2.05, 4.69) is 25.7 Å². The van der Waals surface area contributed by atoms with Gasteiger partial charge in [0.1, 0.15) is 11.4 Å². The predicted octanol–water partition coefficient (Wildman–Crippen LogP) is 0.945. The monoisotopic (exact) mass is 319 g/mol. The number of aromatic nitrogens is 3. The van der Waals surface area contributed by atoms with Crippen LogP contribution in [0.5, 0.6) is 17.2 Å². The summed E-state index contributed by atoms with van der Waals surface area (Å²) in [6.45, 7) is 1.69. The van der Waals surface area contributed by atoms with Gasteiger partial charge >= 0.3 is 5.69 Å². The van der Waals surface area contributed by atoms with Crippen molar-refractivity contribution in [3.63, 3.8) is 0 Å². The second-order valence-corrected chi connectivity index (χ2v) is 4.39. The van der Waals surface area contributed by atoms with Crippen LogP contribution in [-0.4, -0.2) is 42.7 Å². The van der Waals surface area contributed by atoms with E-state index in [1.165, 1.54) is 6.21 Å². The van der Waals surface area contributed by atoms with Crippen LogP contribution in [0.25, 0.3) is 0 Å². The van der Waals surface area contributed by atoms with E-state index in [4.69, 9.17) is 14.2 Å². The molecule has 1 aromatic heterocycles. The lowest BCUT2D eigenvalue weighted by Gasteiger charge is -2.11. The Morgan fingerprint density at radius 1 is 1.13 bits per heavy atom. The molecule has 0 fully saturated rings. The number of methoxy groups -OCH3 is 3. The van der Waals surface area contributed by atoms with E-state index in [1.807, 2.05) is 0 Å². The largest absolute Gasteiger partial charge is 0.496 e. The molecule has 0 aliphatic carbocycles. The summed E-state index contributed by atoms with van der Waals surface area (Å²) in [5.74, 6) is 1.92. The highest BCUT2D eigenvalue weighted by atomic mass is 16.5. The van der Waals surface area contributed by atoms with Gasteiger partial charge in [-0.1, -0.05) is 0 Å². The summed E-state index contributed by atoms with van der Waals surface area (Å²) < 4.78 is 15.8. The lowest BCUT2D eigenvalue weighted by Crippen LogP contribution is -2.15. The van der Waals surface area contributed by atoms with Gasteiger partial charge < -0.3 is 14.2 Å². The normalized spacial score (nSPS) is 10.6. The molecule has 122 valence electrons. The molecule has 9 heteroatoms. The SMILES string of the molecule is COc1cc(OC)c(OC)cc1/C=N\Nc1nc(=O)[nH]nc1C. The van der Waals surface area contributed by atoms with Gasteiger partial charge in [-0.05, 0) is 13.0 Å². The number of hydrazone groups is 1. The Bertz CT molecular complexity index is 772. The molecule has 0 aliphatic heterocycles. The van der Waals surface area contributed by atoms with E-state index in [1.54, 1.807) is 40.4 Å². The van der Waals surface area contributed by atoms with Crippen LogP contribution in [0.4, 0.5) is 5.82 Å². The average molecular weight is 319 g/mol. The van der Waals surface area contributed by atoms with Crippen molar-refractivity contribution < 1.29 is 14.2 Å². The van der Waals surface area contributed by atoms with Gasteiger partial charge in [-0.15, -0.1) is 0 Å². The van der Waals surface area contributed by atoms with Crippen molar-refractivity contribution in [2.24, 2.45) is 5.10 Å². The number of aromatic amines is 1. The third kappa shape index (κ3) is 3.76. The zero-order valence-electron chi connectivity index (χ0n) is 13.2. The van der Waals surface area contributed by atoms with E-state index in [0.29, 0.717) is 28.5 Å². The Kier molecular flexibility index (Phi) is 5.13. The van der Waals surface area contributed by atoms with Crippen molar-refractivity contribution in [1.29, 1.82) is 0 Å². The standard InChI is InChI=1S/C14H17N5O4/c1-8-13(16-14(20)19-17-8)18-15-7-9-5-11(22-3)12(23-4)6-10(9)21-2/h5-7H,1-4H3,(H2,16,18,19,20)/b15-7-. The van der Waals surface area contributed by atoms with Gasteiger partial charge in [0, 0.05) is 11.6 Å². The maximum absolute atomic E-state index is 11.2. The van der Waals surface area contributed by atoms with E-state index in [0.717, 1.165) is 0 Å². The van der Waals surface area contributed by atoms with Gasteiger partial charge in [0.25, 0.3) is 0 Å². The van der Waals surface area contributed by atoms with Gasteiger partial charge in [0.2, 0.25) is 0 Å². The molecule has 0 saturated carbocycles. The third-order valence-corrected chi connectivity index (χ3v) is 2.99. The van der Waals surface area contributed by atoms with E-state index < -0.39 is 5.69 Å². The fourth-order valence-electron chi connectivity index (χ4n) is 1.81. The zero-order chi connectivity index (χ0) is 16.8. The highest BCUT2D eigenvalue weighted by Crippen LogP contribution is 2.33. The molecule has 0 saturated heterocycles. The molecule has 0 aliphatic rings. The molecule has 2 aromatic rings. The number of ether oxygens (including phenoxy) is 3.